The predicted octanol–water partition coefficient (Wildman–Crippen LogP) is 4.40. The quantitative estimate of drug-likeness (QED) is 0.187. The molecule has 0 fully saturated rings. The van der Waals surface area contributed by atoms with E-state index in [-0.39, 0.29) is 5.84 Å². The van der Waals surface area contributed by atoms with Crippen LogP contribution in [-0.2, 0) is 16.6 Å². The number of hydrogen-bond acceptors (Lipinski definition) is 5. The van der Waals surface area contributed by atoms with Crippen LogP contribution in [0.1, 0.15) is 16.7 Å². The van der Waals surface area contributed by atoms with Crippen molar-refractivity contribution in [2.24, 2.45) is 16.7 Å². The maximum atomic E-state index is 12.4. The Hall–Kier alpha value is -3.04. The number of amidine groups is 1. The molecular weight excluding hydrogens is 469 g/mol. The molecule has 5 N–H and O–H groups in total. The number of nitrogens with two attached hydrogens (primary N) is 2. The van der Waals surface area contributed by atoms with E-state index in [0.29, 0.717) is 33.4 Å². The van der Waals surface area contributed by atoms with E-state index in [9.17, 15) is 8.42 Å². The van der Waals surface area contributed by atoms with E-state index in [1.54, 1.807) is 60.7 Å². The lowest BCUT2D eigenvalue weighted by Crippen LogP contribution is -2.29. The SMILES string of the molecule is N/C(=N\N(N)Cc1cccc(Cl)c1)c1cccc(NS(=O)(=O)/C=C/c2cccc(Cl)c2)c1. The monoisotopic (exact) mass is 489 g/mol. The topological polar surface area (TPSA) is 114 Å². The minimum absolute atomic E-state index is 0.130. The van der Waals surface area contributed by atoms with E-state index in [4.69, 9.17) is 34.8 Å². The molecule has 166 valence electrons. The van der Waals surface area contributed by atoms with E-state index in [1.807, 2.05) is 12.1 Å². The third-order valence-corrected chi connectivity index (χ3v) is 5.66. The van der Waals surface area contributed by atoms with Crippen molar-refractivity contribution in [2.45, 2.75) is 6.54 Å². The summed E-state index contributed by atoms with van der Waals surface area (Å²) < 4.78 is 27.3. The van der Waals surface area contributed by atoms with E-state index >= 15 is 0 Å². The second kappa shape index (κ2) is 10.5. The van der Waals surface area contributed by atoms with E-state index in [1.165, 1.54) is 11.2 Å². The van der Waals surface area contributed by atoms with Gasteiger partial charge in [0, 0.05) is 21.3 Å². The van der Waals surface area contributed by atoms with E-state index < -0.39 is 10.0 Å². The first-order valence-electron chi connectivity index (χ1n) is 9.38. The molecule has 0 amide bonds. The van der Waals surface area contributed by atoms with Crippen molar-refractivity contribution in [2.75, 3.05) is 4.72 Å². The summed E-state index contributed by atoms with van der Waals surface area (Å²) in [5.41, 5.74) is 8.42. The maximum Gasteiger partial charge on any atom is 0.255 e. The molecule has 0 atom stereocenters. The number of nitrogens with zero attached hydrogens (tertiary/aromatic N) is 2. The van der Waals surface area contributed by atoms with Crippen molar-refractivity contribution in [3.8, 4) is 0 Å². The normalized spacial score (nSPS) is 12.2. The molecule has 3 aromatic carbocycles. The number of sulfonamides is 1. The summed E-state index contributed by atoms with van der Waals surface area (Å²) in [4.78, 5) is 0. The number of hydrogen-bond donors (Lipinski definition) is 3. The zero-order chi connectivity index (χ0) is 23.1. The second-order valence-corrected chi connectivity index (χ2v) is 9.24. The fourth-order valence-electron chi connectivity index (χ4n) is 2.77. The molecule has 10 heteroatoms. The minimum Gasteiger partial charge on any atom is -0.382 e. The van der Waals surface area contributed by atoms with Crippen LogP contribution in [0.15, 0.2) is 83.3 Å². The molecule has 0 aliphatic rings. The van der Waals surface area contributed by atoms with Gasteiger partial charge in [-0.05, 0) is 53.6 Å². The van der Waals surface area contributed by atoms with E-state index in [2.05, 4.69) is 9.82 Å². The van der Waals surface area contributed by atoms with Crippen molar-refractivity contribution >= 4 is 50.8 Å². The Bertz CT molecular complexity index is 1260. The van der Waals surface area contributed by atoms with Crippen LogP contribution in [0.5, 0.6) is 0 Å². The molecule has 0 bridgehead atoms. The van der Waals surface area contributed by atoms with Gasteiger partial charge in [0.2, 0.25) is 0 Å². The Morgan fingerprint density at radius 3 is 2.41 bits per heavy atom. The lowest BCUT2D eigenvalue weighted by atomic mass is 10.2. The third-order valence-electron chi connectivity index (χ3n) is 4.18. The number of benzene rings is 3. The van der Waals surface area contributed by atoms with Gasteiger partial charge < -0.3 is 5.73 Å². The Kier molecular flexibility index (Phi) is 7.76. The summed E-state index contributed by atoms with van der Waals surface area (Å²) in [7, 11) is -3.76. The summed E-state index contributed by atoms with van der Waals surface area (Å²) in [6.07, 6.45) is 1.45. The molecule has 0 unspecified atom stereocenters. The lowest BCUT2D eigenvalue weighted by Gasteiger charge is -2.14. The van der Waals surface area contributed by atoms with Gasteiger partial charge >= 0.3 is 0 Å². The molecule has 0 spiro atoms. The van der Waals surface area contributed by atoms with Gasteiger partial charge in [0.1, 0.15) is 0 Å². The summed E-state index contributed by atoms with van der Waals surface area (Å²) in [6.45, 7) is 0.294. The van der Waals surface area contributed by atoms with Crippen molar-refractivity contribution in [1.29, 1.82) is 0 Å². The standard InChI is InChI=1S/C22H21Cl2N5O2S/c23-19-7-1-4-16(12-19)10-11-32(30,31)28-21-9-3-6-18(14-21)22(25)27-29(26)15-17-5-2-8-20(24)13-17/h1-14,28H,15,26H2,(H2,25,27)/b11-10+. The van der Waals surface area contributed by atoms with Crippen LogP contribution in [0, 0.1) is 0 Å². The molecule has 3 aromatic rings. The Labute approximate surface area is 197 Å². The highest BCUT2D eigenvalue weighted by Gasteiger charge is 2.09. The first-order valence-corrected chi connectivity index (χ1v) is 11.7. The summed E-state index contributed by atoms with van der Waals surface area (Å²) in [5.74, 6) is 6.06. The number of nitrogens with one attached hydrogen (secondary N) is 1. The largest absolute Gasteiger partial charge is 0.382 e. The molecular formula is C22H21Cl2N5O2S. The molecule has 0 aromatic heterocycles. The Morgan fingerprint density at radius 2 is 1.69 bits per heavy atom. The molecule has 0 saturated carbocycles. The number of hydrazone groups is 1. The maximum absolute atomic E-state index is 12.4. The predicted molar refractivity (Wildman–Crippen MR) is 131 cm³/mol. The Morgan fingerprint density at radius 1 is 1.00 bits per heavy atom. The van der Waals surface area contributed by atoms with E-state index in [0.717, 1.165) is 11.0 Å². The van der Waals surface area contributed by atoms with Crippen LogP contribution >= 0.6 is 23.2 Å². The van der Waals surface area contributed by atoms with Crippen LogP contribution in [0.25, 0.3) is 6.08 Å². The first kappa shape index (κ1) is 23.6. The van der Waals surface area contributed by atoms with Crippen LogP contribution < -0.4 is 16.3 Å². The molecule has 7 nitrogen and oxygen atoms in total. The average molecular weight is 490 g/mol. The zero-order valence-electron chi connectivity index (χ0n) is 16.8. The van der Waals surface area contributed by atoms with Gasteiger partial charge in [-0.15, -0.1) is 5.10 Å². The number of halogens is 2. The van der Waals surface area contributed by atoms with Gasteiger partial charge in [0.05, 0.1) is 12.0 Å². The highest BCUT2D eigenvalue weighted by molar-refractivity contribution is 7.95. The lowest BCUT2D eigenvalue weighted by molar-refractivity contribution is 0.290. The van der Waals surface area contributed by atoms with Crippen molar-refractivity contribution in [1.82, 2.24) is 5.12 Å². The van der Waals surface area contributed by atoms with Crippen LogP contribution in [0.4, 0.5) is 5.69 Å². The second-order valence-electron chi connectivity index (χ2n) is 6.80. The third kappa shape index (κ3) is 7.28. The van der Waals surface area contributed by atoms with Crippen molar-refractivity contribution < 1.29 is 8.42 Å². The van der Waals surface area contributed by atoms with Gasteiger partial charge in [0.25, 0.3) is 10.0 Å². The molecule has 0 heterocycles. The molecule has 0 aliphatic heterocycles. The van der Waals surface area contributed by atoms with Gasteiger partial charge in [-0.2, -0.15) is 0 Å². The summed E-state index contributed by atoms with van der Waals surface area (Å²) in [6, 6.07) is 20.6. The first-order chi connectivity index (χ1) is 15.2. The fraction of sp³-hybridized carbons (Fsp3) is 0.0455. The number of hydrazine groups is 1. The van der Waals surface area contributed by atoms with Crippen molar-refractivity contribution in [3.63, 3.8) is 0 Å². The minimum atomic E-state index is -3.76. The number of anilines is 1. The molecule has 3 rings (SSSR count). The van der Waals surface area contributed by atoms with Crippen LogP contribution in [0.2, 0.25) is 10.0 Å². The fourth-order valence-corrected chi connectivity index (χ4v) is 4.04. The molecule has 0 aliphatic carbocycles. The Balaban J connectivity index is 1.70. The highest BCUT2D eigenvalue weighted by atomic mass is 35.5. The molecule has 0 radical (unpaired) electrons. The van der Waals surface area contributed by atoms with Gasteiger partial charge in [0.15, 0.2) is 5.84 Å². The van der Waals surface area contributed by atoms with Gasteiger partial charge in [-0.1, -0.05) is 59.6 Å². The average Bonchev–Trinajstić information content (AvgIpc) is 2.72. The van der Waals surface area contributed by atoms with Crippen LogP contribution in [0.3, 0.4) is 0 Å². The van der Waals surface area contributed by atoms with Crippen LogP contribution in [-0.4, -0.2) is 19.4 Å². The highest BCUT2D eigenvalue weighted by Crippen LogP contribution is 2.16. The number of rotatable bonds is 8. The smallest absolute Gasteiger partial charge is 0.255 e. The summed E-state index contributed by atoms with van der Waals surface area (Å²) in [5, 5.41) is 7.52. The van der Waals surface area contributed by atoms with Gasteiger partial charge in [-0.3, -0.25) is 4.72 Å². The molecule has 32 heavy (non-hydrogen) atoms. The summed E-state index contributed by atoms with van der Waals surface area (Å²) >= 11 is 11.9. The zero-order valence-corrected chi connectivity index (χ0v) is 19.1. The van der Waals surface area contributed by atoms with Crippen molar-refractivity contribution in [3.05, 3.63) is 105 Å². The molecule has 0 saturated heterocycles. The van der Waals surface area contributed by atoms with Gasteiger partial charge in [-0.25, -0.2) is 19.4 Å².